The minimum absolute atomic E-state index is 0.910. The molecule has 0 heterocycles. The SMILES string of the molecule is Cc1ccc(N(C)c2ccc(CBr)c(C)c2)cc1. The van der Waals surface area contributed by atoms with E-state index in [1.54, 1.807) is 0 Å². The average molecular weight is 304 g/mol. The van der Waals surface area contributed by atoms with Crippen LogP contribution >= 0.6 is 15.9 Å². The van der Waals surface area contributed by atoms with Gasteiger partial charge >= 0.3 is 0 Å². The van der Waals surface area contributed by atoms with Crippen molar-refractivity contribution in [2.45, 2.75) is 19.2 Å². The third kappa shape index (κ3) is 2.75. The van der Waals surface area contributed by atoms with E-state index in [9.17, 15) is 0 Å². The van der Waals surface area contributed by atoms with Crippen LogP contribution in [0, 0.1) is 13.8 Å². The van der Waals surface area contributed by atoms with E-state index in [2.05, 4.69) is 84.2 Å². The summed E-state index contributed by atoms with van der Waals surface area (Å²) in [5.74, 6) is 0. The van der Waals surface area contributed by atoms with Crippen LogP contribution < -0.4 is 4.90 Å². The van der Waals surface area contributed by atoms with Crippen molar-refractivity contribution in [1.82, 2.24) is 0 Å². The van der Waals surface area contributed by atoms with E-state index in [1.807, 2.05) is 0 Å². The number of hydrogen-bond donors (Lipinski definition) is 0. The Balaban J connectivity index is 2.31. The predicted molar refractivity (Wildman–Crippen MR) is 83.1 cm³/mol. The van der Waals surface area contributed by atoms with Crippen molar-refractivity contribution >= 4 is 27.3 Å². The van der Waals surface area contributed by atoms with Gasteiger partial charge in [-0.15, -0.1) is 0 Å². The first-order chi connectivity index (χ1) is 8.61. The summed E-state index contributed by atoms with van der Waals surface area (Å²) in [6.07, 6.45) is 0. The molecule has 0 radical (unpaired) electrons. The lowest BCUT2D eigenvalue weighted by atomic mass is 10.1. The molecule has 0 N–H and O–H groups in total. The Labute approximate surface area is 118 Å². The van der Waals surface area contributed by atoms with Crippen molar-refractivity contribution in [2.24, 2.45) is 0 Å². The first kappa shape index (κ1) is 13.2. The van der Waals surface area contributed by atoms with Gasteiger partial charge < -0.3 is 4.90 Å². The molecule has 0 unspecified atom stereocenters. The van der Waals surface area contributed by atoms with Crippen molar-refractivity contribution in [2.75, 3.05) is 11.9 Å². The van der Waals surface area contributed by atoms with Crippen molar-refractivity contribution in [3.05, 3.63) is 59.2 Å². The number of halogens is 1. The van der Waals surface area contributed by atoms with E-state index < -0.39 is 0 Å². The molecule has 2 rings (SSSR count). The second-order valence-electron chi connectivity index (χ2n) is 4.64. The minimum atomic E-state index is 0.910. The molecule has 2 heteroatoms. The molecule has 0 spiro atoms. The Morgan fingerprint density at radius 1 is 0.944 bits per heavy atom. The molecule has 0 saturated carbocycles. The highest BCUT2D eigenvalue weighted by Crippen LogP contribution is 2.26. The monoisotopic (exact) mass is 303 g/mol. The highest BCUT2D eigenvalue weighted by molar-refractivity contribution is 9.08. The van der Waals surface area contributed by atoms with Crippen molar-refractivity contribution in [3.8, 4) is 0 Å². The number of benzene rings is 2. The molecule has 2 aromatic rings. The zero-order chi connectivity index (χ0) is 13.1. The first-order valence-corrected chi connectivity index (χ1v) is 7.20. The lowest BCUT2D eigenvalue weighted by Gasteiger charge is -2.21. The van der Waals surface area contributed by atoms with Gasteiger partial charge in [-0.05, 0) is 49.2 Å². The van der Waals surface area contributed by atoms with Crippen molar-refractivity contribution in [3.63, 3.8) is 0 Å². The van der Waals surface area contributed by atoms with Crippen molar-refractivity contribution < 1.29 is 0 Å². The van der Waals surface area contributed by atoms with Gasteiger partial charge in [0.05, 0.1) is 0 Å². The Bertz CT molecular complexity index is 531. The maximum atomic E-state index is 3.51. The second kappa shape index (κ2) is 5.57. The van der Waals surface area contributed by atoms with Crippen molar-refractivity contribution in [1.29, 1.82) is 0 Å². The summed E-state index contributed by atoms with van der Waals surface area (Å²) < 4.78 is 0. The van der Waals surface area contributed by atoms with Gasteiger partial charge in [-0.2, -0.15) is 0 Å². The third-order valence-corrected chi connectivity index (χ3v) is 3.88. The summed E-state index contributed by atoms with van der Waals surface area (Å²) >= 11 is 3.51. The molecule has 0 bridgehead atoms. The third-order valence-electron chi connectivity index (χ3n) is 3.28. The van der Waals surface area contributed by atoms with Gasteiger partial charge in [0.1, 0.15) is 0 Å². The normalized spacial score (nSPS) is 10.4. The molecular weight excluding hydrogens is 286 g/mol. The van der Waals surface area contributed by atoms with Gasteiger partial charge in [-0.3, -0.25) is 0 Å². The van der Waals surface area contributed by atoms with Gasteiger partial charge in [0.15, 0.2) is 0 Å². The van der Waals surface area contributed by atoms with Crippen LogP contribution in [0.25, 0.3) is 0 Å². The van der Waals surface area contributed by atoms with E-state index in [-0.39, 0.29) is 0 Å². The largest absolute Gasteiger partial charge is 0.345 e. The molecule has 1 nitrogen and oxygen atoms in total. The van der Waals surface area contributed by atoms with Crippen LogP contribution in [-0.4, -0.2) is 7.05 Å². The van der Waals surface area contributed by atoms with Gasteiger partial charge in [0.25, 0.3) is 0 Å². The molecule has 0 atom stereocenters. The fourth-order valence-electron chi connectivity index (χ4n) is 1.96. The first-order valence-electron chi connectivity index (χ1n) is 6.07. The molecule has 0 aromatic heterocycles. The number of anilines is 2. The summed E-state index contributed by atoms with van der Waals surface area (Å²) in [5.41, 5.74) is 6.39. The van der Waals surface area contributed by atoms with Gasteiger partial charge in [0.2, 0.25) is 0 Å². The zero-order valence-electron chi connectivity index (χ0n) is 11.1. The van der Waals surface area contributed by atoms with E-state index >= 15 is 0 Å². The maximum absolute atomic E-state index is 3.51. The van der Waals surface area contributed by atoms with Crippen LogP contribution in [0.1, 0.15) is 16.7 Å². The lowest BCUT2D eigenvalue weighted by Crippen LogP contribution is -2.09. The van der Waals surface area contributed by atoms with Crippen LogP contribution in [0.4, 0.5) is 11.4 Å². The summed E-state index contributed by atoms with van der Waals surface area (Å²) in [6.45, 7) is 4.27. The molecule has 2 aromatic carbocycles. The molecule has 0 fully saturated rings. The standard InChI is InChI=1S/C16H18BrN/c1-12-4-7-15(8-5-12)18(3)16-9-6-14(11-17)13(2)10-16/h4-10H,11H2,1-3H3. The lowest BCUT2D eigenvalue weighted by molar-refractivity contribution is 1.19. The van der Waals surface area contributed by atoms with Crippen LogP contribution in [0.2, 0.25) is 0 Å². The van der Waals surface area contributed by atoms with E-state index in [0.29, 0.717) is 0 Å². The quantitative estimate of drug-likeness (QED) is 0.724. The van der Waals surface area contributed by atoms with E-state index in [1.165, 1.54) is 28.1 Å². The fourth-order valence-corrected chi connectivity index (χ4v) is 2.59. The Morgan fingerprint density at radius 2 is 1.56 bits per heavy atom. The zero-order valence-corrected chi connectivity index (χ0v) is 12.7. The van der Waals surface area contributed by atoms with Crippen LogP contribution in [0.15, 0.2) is 42.5 Å². The van der Waals surface area contributed by atoms with E-state index in [0.717, 1.165) is 5.33 Å². The molecule has 18 heavy (non-hydrogen) atoms. The highest BCUT2D eigenvalue weighted by Gasteiger charge is 2.05. The van der Waals surface area contributed by atoms with Gasteiger partial charge in [-0.1, -0.05) is 39.7 Å². The summed E-state index contributed by atoms with van der Waals surface area (Å²) in [4.78, 5) is 2.21. The molecule has 94 valence electrons. The van der Waals surface area contributed by atoms with Crippen LogP contribution in [0.3, 0.4) is 0 Å². The Hall–Kier alpha value is -1.28. The molecule has 0 saturated heterocycles. The second-order valence-corrected chi connectivity index (χ2v) is 5.20. The Morgan fingerprint density at radius 3 is 2.11 bits per heavy atom. The minimum Gasteiger partial charge on any atom is -0.345 e. The molecule has 0 aliphatic rings. The summed E-state index contributed by atoms with van der Waals surface area (Å²) in [6, 6.07) is 15.2. The molecule has 0 amide bonds. The number of alkyl halides is 1. The van der Waals surface area contributed by atoms with Crippen LogP contribution in [0.5, 0.6) is 0 Å². The van der Waals surface area contributed by atoms with Gasteiger partial charge in [-0.25, -0.2) is 0 Å². The highest BCUT2D eigenvalue weighted by atomic mass is 79.9. The summed E-state index contributed by atoms with van der Waals surface area (Å²) in [7, 11) is 2.10. The number of nitrogens with zero attached hydrogens (tertiary/aromatic N) is 1. The predicted octanol–water partition coefficient (Wildman–Crippen LogP) is 4.97. The number of aryl methyl sites for hydroxylation is 2. The topological polar surface area (TPSA) is 3.24 Å². The van der Waals surface area contributed by atoms with Crippen LogP contribution in [-0.2, 0) is 5.33 Å². The maximum Gasteiger partial charge on any atom is 0.0410 e. The Kier molecular flexibility index (Phi) is 4.07. The average Bonchev–Trinajstić information content (AvgIpc) is 2.38. The molecule has 0 aliphatic heterocycles. The number of hydrogen-bond acceptors (Lipinski definition) is 1. The molecule has 0 aliphatic carbocycles. The fraction of sp³-hybridized carbons (Fsp3) is 0.250. The number of rotatable bonds is 3. The molecular formula is C16H18BrN. The summed E-state index contributed by atoms with van der Waals surface area (Å²) in [5, 5.41) is 0.910. The van der Waals surface area contributed by atoms with Gasteiger partial charge in [0, 0.05) is 23.8 Å². The van der Waals surface area contributed by atoms with E-state index in [4.69, 9.17) is 0 Å². The smallest absolute Gasteiger partial charge is 0.0410 e.